The molecule has 0 radical (unpaired) electrons. The summed E-state index contributed by atoms with van der Waals surface area (Å²) >= 11 is 4.25. The lowest BCUT2D eigenvalue weighted by molar-refractivity contribution is -0.0557. The zero-order chi connectivity index (χ0) is 9.28. The summed E-state index contributed by atoms with van der Waals surface area (Å²) in [4.78, 5) is 0. The molecule has 0 aliphatic rings. The van der Waals surface area contributed by atoms with Crippen molar-refractivity contribution in [3.63, 3.8) is 0 Å². The lowest BCUT2D eigenvalue weighted by Gasteiger charge is -1.99. The van der Waals surface area contributed by atoms with Crippen LogP contribution in [0.3, 0.4) is 0 Å². The van der Waals surface area contributed by atoms with Gasteiger partial charge in [-0.25, -0.2) is 0 Å². The van der Waals surface area contributed by atoms with Crippen molar-refractivity contribution in [3.05, 3.63) is 0 Å². The van der Waals surface area contributed by atoms with Crippen LogP contribution in [-0.4, -0.2) is 19.8 Å². The van der Waals surface area contributed by atoms with E-state index in [1.807, 2.05) is 0 Å². The maximum atomic E-state index is 11.4. The second-order valence-corrected chi connectivity index (χ2v) is 2.66. The zero-order valence-corrected chi connectivity index (χ0v) is 6.13. The van der Waals surface area contributed by atoms with Crippen molar-refractivity contribution < 1.29 is 25.5 Å². The fraction of sp³-hybridized carbons (Fsp3) is 0.500. The predicted octanol–water partition coefficient (Wildman–Crippen LogP) is 1.40. The fourth-order valence-corrected chi connectivity index (χ4v) is 0.690. The average molecular weight is 214 g/mol. The third-order valence-corrected chi connectivity index (χ3v) is 1.22. The third kappa shape index (κ3) is 4.96. The van der Waals surface area contributed by atoms with E-state index in [1.54, 1.807) is 4.40 Å². The fourth-order valence-electron chi connectivity index (χ4n) is 0.147. The monoisotopic (exact) mass is 213 g/mol. The molecular weight excluding hydrogens is 214 g/mol. The largest absolute Gasteiger partial charge is 0.445 e. The predicted molar refractivity (Wildman–Crippen MR) is 29.4 cm³/mol. The molecule has 0 amide bonds. The Hall–Kier alpha value is -0.370. The minimum absolute atomic E-state index is 1.54. The van der Waals surface area contributed by atoms with Gasteiger partial charge >= 0.3 is 16.6 Å². The molecule has 0 rings (SSSR count). The summed E-state index contributed by atoms with van der Waals surface area (Å²) in [6, 6.07) is 0. The van der Waals surface area contributed by atoms with E-state index in [0.717, 1.165) is 0 Å². The van der Waals surface area contributed by atoms with Crippen molar-refractivity contribution in [2.75, 3.05) is 0 Å². The lowest BCUT2D eigenvalue weighted by atomic mass is 10.7. The first-order valence-electron chi connectivity index (χ1n) is 1.90. The Kier molecular flexibility index (Phi) is 2.84. The van der Waals surface area contributed by atoms with Gasteiger partial charge in [0.1, 0.15) is 0 Å². The van der Waals surface area contributed by atoms with Crippen LogP contribution in [0.15, 0.2) is 4.40 Å². The molecule has 0 aromatic rings. The smallest absolute Gasteiger partial charge is 0.170 e. The molecule has 11 heavy (non-hydrogen) atoms. The second-order valence-electron chi connectivity index (χ2n) is 1.29. The summed E-state index contributed by atoms with van der Waals surface area (Å²) in [5.74, 6) is 0. The van der Waals surface area contributed by atoms with Crippen molar-refractivity contribution in [2.45, 2.75) is 6.18 Å². The van der Waals surface area contributed by atoms with Crippen LogP contribution >= 0.6 is 11.6 Å². The van der Waals surface area contributed by atoms with Crippen molar-refractivity contribution in [1.82, 2.24) is 0 Å². The van der Waals surface area contributed by atoms with Crippen LogP contribution in [0.25, 0.3) is 0 Å². The molecule has 9 heteroatoms. The number of hydrogen-bond donors (Lipinski definition) is 0. The molecule has 0 fully saturated rings. The van der Waals surface area contributed by atoms with Gasteiger partial charge in [0.2, 0.25) is 5.17 Å². The van der Waals surface area contributed by atoms with E-state index in [2.05, 4.69) is 11.6 Å². The van der Waals surface area contributed by atoms with E-state index >= 15 is 0 Å². The summed E-state index contributed by atoms with van der Waals surface area (Å²) in [6.07, 6.45) is -5.14. The van der Waals surface area contributed by atoms with Gasteiger partial charge in [0, 0.05) is 0 Å². The average Bonchev–Trinajstić information content (AvgIpc) is 1.56. The number of hydrogen-bond acceptors (Lipinski definition) is 2. The van der Waals surface area contributed by atoms with Crippen molar-refractivity contribution >= 4 is 27.2 Å². The maximum Gasteiger partial charge on any atom is 0.445 e. The second kappa shape index (κ2) is 2.94. The maximum absolute atomic E-state index is 11.4. The molecule has 0 aromatic heterocycles. The Labute approximate surface area is 64.0 Å². The van der Waals surface area contributed by atoms with Crippen molar-refractivity contribution in [1.29, 1.82) is 0 Å². The Morgan fingerprint density at radius 1 is 1.36 bits per heavy atom. The highest BCUT2D eigenvalue weighted by atomic mass is 35.5. The van der Waals surface area contributed by atoms with Crippen LogP contribution in [0.2, 0.25) is 0 Å². The van der Waals surface area contributed by atoms with Gasteiger partial charge in [-0.05, 0) is 0 Å². The summed E-state index contributed by atoms with van der Waals surface area (Å²) in [5, 5.41) is -2.26. The SMILES string of the molecule is O=S(=O)(F)/N=C(\Cl)C(F)(F)F. The highest BCUT2D eigenvalue weighted by Gasteiger charge is 2.36. The number of rotatable bonds is 1. The van der Waals surface area contributed by atoms with Gasteiger partial charge in [-0.15, -0.1) is 4.40 Å². The van der Waals surface area contributed by atoms with Gasteiger partial charge < -0.3 is 0 Å². The van der Waals surface area contributed by atoms with Gasteiger partial charge in [0.05, 0.1) is 0 Å². The summed E-state index contributed by atoms with van der Waals surface area (Å²) in [7, 11) is -5.57. The Morgan fingerprint density at radius 2 is 1.73 bits per heavy atom. The molecule has 0 unspecified atom stereocenters. The molecule has 0 spiro atoms. The number of halogens is 5. The Morgan fingerprint density at radius 3 is 1.82 bits per heavy atom. The molecule has 0 saturated heterocycles. The standard InChI is InChI=1S/C2ClF4NO2S/c3-1(2(4,5)6)8-11(7,9)10/b8-1-. The number of alkyl halides is 3. The molecular formula is C2ClF4NO2S. The molecule has 0 aliphatic carbocycles. The Bertz CT molecular complexity index is 266. The zero-order valence-electron chi connectivity index (χ0n) is 4.56. The number of nitrogens with zero attached hydrogens (tertiary/aromatic N) is 1. The lowest BCUT2D eigenvalue weighted by Crippen LogP contribution is -2.17. The van der Waals surface area contributed by atoms with Crippen LogP contribution in [0.1, 0.15) is 0 Å². The van der Waals surface area contributed by atoms with Crippen molar-refractivity contribution in [2.24, 2.45) is 4.40 Å². The van der Waals surface area contributed by atoms with E-state index in [1.165, 1.54) is 0 Å². The molecule has 66 valence electrons. The third-order valence-electron chi connectivity index (χ3n) is 0.423. The van der Waals surface area contributed by atoms with E-state index in [4.69, 9.17) is 0 Å². The van der Waals surface area contributed by atoms with Gasteiger partial charge in [-0.2, -0.15) is 21.6 Å². The van der Waals surface area contributed by atoms with Crippen LogP contribution < -0.4 is 0 Å². The van der Waals surface area contributed by atoms with Crippen LogP contribution in [0.4, 0.5) is 17.1 Å². The van der Waals surface area contributed by atoms with Crippen molar-refractivity contribution in [3.8, 4) is 0 Å². The Balaban J connectivity index is 4.78. The summed E-state index contributed by atoms with van der Waals surface area (Å²) in [6.45, 7) is 0. The van der Waals surface area contributed by atoms with Crippen LogP contribution in [0.5, 0.6) is 0 Å². The topological polar surface area (TPSA) is 46.5 Å². The normalized spacial score (nSPS) is 15.2. The summed E-state index contributed by atoms with van der Waals surface area (Å²) < 4.78 is 65.7. The van der Waals surface area contributed by atoms with Gasteiger partial charge in [0.25, 0.3) is 0 Å². The molecule has 0 saturated carbocycles. The first-order chi connectivity index (χ1) is 4.63. The highest BCUT2D eigenvalue weighted by Crippen LogP contribution is 2.20. The van der Waals surface area contributed by atoms with Crippen LogP contribution in [0, 0.1) is 0 Å². The first-order valence-corrected chi connectivity index (χ1v) is 3.62. The van der Waals surface area contributed by atoms with E-state index in [9.17, 15) is 25.5 Å². The molecule has 3 nitrogen and oxygen atoms in total. The summed E-state index contributed by atoms with van der Waals surface area (Å²) in [5.41, 5.74) is 0. The molecule has 0 aliphatic heterocycles. The van der Waals surface area contributed by atoms with Gasteiger partial charge in [-0.1, -0.05) is 15.5 Å². The molecule has 0 bridgehead atoms. The highest BCUT2D eigenvalue weighted by molar-refractivity contribution is 7.85. The van der Waals surface area contributed by atoms with Gasteiger partial charge in [0.15, 0.2) is 0 Å². The van der Waals surface area contributed by atoms with E-state index < -0.39 is 21.8 Å². The van der Waals surface area contributed by atoms with Gasteiger partial charge in [-0.3, -0.25) is 0 Å². The minimum atomic E-state index is -5.57. The molecule has 0 heterocycles. The minimum Gasteiger partial charge on any atom is -0.170 e. The van der Waals surface area contributed by atoms with E-state index in [-0.39, 0.29) is 0 Å². The molecule has 0 atom stereocenters. The molecule has 0 N–H and O–H groups in total. The van der Waals surface area contributed by atoms with E-state index in [0.29, 0.717) is 0 Å². The van der Waals surface area contributed by atoms with Crippen LogP contribution in [-0.2, 0) is 10.4 Å². The quantitative estimate of drug-likeness (QED) is 0.376. The molecule has 0 aromatic carbocycles. The first kappa shape index (κ1) is 10.6.